The van der Waals surface area contributed by atoms with Gasteiger partial charge in [-0.15, -0.1) is 0 Å². The Hall–Kier alpha value is -9.44. The lowest BCUT2D eigenvalue weighted by Gasteiger charge is -2.13. The van der Waals surface area contributed by atoms with E-state index in [0.29, 0.717) is 22.8 Å². The summed E-state index contributed by atoms with van der Waals surface area (Å²) in [6.07, 6.45) is 0. The number of nitriles is 1. The van der Waals surface area contributed by atoms with Crippen molar-refractivity contribution < 1.29 is 4.11 Å². The Balaban J connectivity index is 1.04. The van der Waals surface area contributed by atoms with Crippen molar-refractivity contribution in [1.29, 1.82) is 5.26 Å². The minimum absolute atomic E-state index is 0.0267. The lowest BCUT2D eigenvalue weighted by atomic mass is 10.0. The zero-order chi connectivity index (χ0) is 47.7. The number of hydrogen-bond donors (Lipinski definition) is 0. The lowest BCUT2D eigenvalue weighted by Crippen LogP contribution is -2.02. The molecule has 0 aliphatic carbocycles. The summed E-state index contributed by atoms with van der Waals surface area (Å²) in [6, 6.07) is 72.9. The molecule has 0 fully saturated rings. The van der Waals surface area contributed by atoms with Crippen LogP contribution in [0.25, 0.3) is 122 Å². The summed E-state index contributed by atoms with van der Waals surface area (Å²) in [5, 5.41) is 17.3. The van der Waals surface area contributed by atoms with Crippen LogP contribution in [0.1, 0.15) is 9.68 Å². The molecule has 10 aromatic carbocycles. The minimum atomic E-state index is -0.275. The van der Waals surface area contributed by atoms with E-state index >= 15 is 0 Å². The van der Waals surface area contributed by atoms with Crippen molar-refractivity contribution in [2.45, 2.75) is 0 Å². The monoisotopic (exact) mass is 869 g/mol. The highest BCUT2D eigenvalue weighted by Gasteiger charge is 2.23. The predicted octanol–water partition coefficient (Wildman–Crippen LogP) is 15.4. The average molecular weight is 870 g/mol. The van der Waals surface area contributed by atoms with Crippen LogP contribution in [0.5, 0.6) is 0 Å². The van der Waals surface area contributed by atoms with Gasteiger partial charge in [0.2, 0.25) is 0 Å². The molecule has 316 valence electrons. The van der Waals surface area contributed by atoms with Gasteiger partial charge in [0, 0.05) is 43.9 Å². The smallest absolute Gasteiger partial charge is 0.164 e. The first kappa shape index (κ1) is 35.9. The molecular formula is C62H38N6. The van der Waals surface area contributed by atoms with E-state index in [9.17, 15) is 9.37 Å². The van der Waals surface area contributed by atoms with Crippen molar-refractivity contribution in [3.05, 3.63) is 236 Å². The van der Waals surface area contributed by atoms with E-state index < -0.39 is 0 Å². The Morgan fingerprint density at radius 3 is 1.54 bits per heavy atom. The van der Waals surface area contributed by atoms with Gasteiger partial charge < -0.3 is 9.13 Å². The first-order valence-electron chi connectivity index (χ1n) is 24.0. The van der Waals surface area contributed by atoms with Crippen LogP contribution in [0.2, 0.25) is 0 Å². The highest BCUT2D eigenvalue weighted by molar-refractivity contribution is 6.26. The molecule has 0 radical (unpaired) electrons. The van der Waals surface area contributed by atoms with E-state index in [1.54, 1.807) is 0 Å². The molecular weight excluding hydrogens is 829 g/mol. The number of fused-ring (bicyclic) bond motifs is 8. The average Bonchev–Trinajstić information content (AvgIpc) is 3.95. The number of hydrogen-bond acceptors (Lipinski definition) is 4. The lowest BCUT2D eigenvalue weighted by molar-refractivity contribution is 1.07. The van der Waals surface area contributed by atoms with E-state index in [2.05, 4.69) is 89.5 Å². The van der Waals surface area contributed by atoms with E-state index in [4.69, 9.17) is 15.0 Å². The van der Waals surface area contributed by atoms with Crippen molar-refractivity contribution >= 4 is 54.4 Å². The van der Waals surface area contributed by atoms with E-state index in [0.717, 1.165) is 82.3 Å². The fourth-order valence-electron chi connectivity index (χ4n) is 9.73. The van der Waals surface area contributed by atoms with Crippen LogP contribution in [0.15, 0.2) is 230 Å². The normalized spacial score (nSPS) is 12.1. The fraction of sp³-hybridized carbons (Fsp3) is 0. The second-order valence-electron chi connectivity index (χ2n) is 16.9. The van der Waals surface area contributed by atoms with Gasteiger partial charge in [0.25, 0.3) is 0 Å². The Bertz CT molecular complexity index is 4210. The molecule has 68 heavy (non-hydrogen) atoms. The second-order valence-corrected chi connectivity index (χ2v) is 16.9. The molecule has 0 amide bonds. The number of benzene rings is 10. The molecule has 3 heterocycles. The molecule has 0 N–H and O–H groups in total. The third kappa shape index (κ3) is 6.45. The van der Waals surface area contributed by atoms with Gasteiger partial charge in [0.05, 0.1) is 37.4 Å². The van der Waals surface area contributed by atoms with Crippen LogP contribution >= 0.6 is 0 Å². The van der Waals surface area contributed by atoms with Crippen LogP contribution in [0, 0.1) is 11.3 Å². The van der Waals surface area contributed by atoms with Crippen molar-refractivity contribution in [1.82, 2.24) is 24.1 Å². The third-order valence-corrected chi connectivity index (χ3v) is 12.9. The van der Waals surface area contributed by atoms with E-state index in [1.807, 2.05) is 138 Å². The molecule has 6 nitrogen and oxygen atoms in total. The maximum absolute atomic E-state index is 11.3. The van der Waals surface area contributed by atoms with Crippen LogP contribution < -0.4 is 0 Å². The van der Waals surface area contributed by atoms with Crippen LogP contribution in [0.3, 0.4) is 0 Å². The quantitative estimate of drug-likeness (QED) is 0.160. The highest BCUT2D eigenvalue weighted by Crippen LogP contribution is 2.43. The van der Waals surface area contributed by atoms with Crippen molar-refractivity contribution in [2.24, 2.45) is 0 Å². The van der Waals surface area contributed by atoms with Crippen LogP contribution in [0.4, 0.5) is 0 Å². The zero-order valence-corrected chi connectivity index (χ0v) is 36.4. The van der Waals surface area contributed by atoms with Crippen LogP contribution in [-0.4, -0.2) is 24.1 Å². The summed E-state index contributed by atoms with van der Waals surface area (Å²) in [5.74, 6) is 0.688. The summed E-state index contributed by atoms with van der Waals surface area (Å²) in [4.78, 5) is 14.9. The Morgan fingerprint density at radius 1 is 0.397 bits per heavy atom. The minimum Gasteiger partial charge on any atom is -0.309 e. The molecule has 13 aromatic rings. The molecule has 13 rings (SSSR count). The highest BCUT2D eigenvalue weighted by atomic mass is 15.0. The zero-order valence-electron chi connectivity index (χ0n) is 39.4. The molecule has 0 saturated carbocycles. The van der Waals surface area contributed by atoms with Crippen molar-refractivity contribution in [2.75, 3.05) is 0 Å². The first-order chi connectivity index (χ1) is 34.9. The second kappa shape index (κ2) is 15.9. The van der Waals surface area contributed by atoms with Crippen molar-refractivity contribution in [3.8, 4) is 73.9 Å². The van der Waals surface area contributed by atoms with E-state index in [1.165, 1.54) is 0 Å². The maximum atomic E-state index is 11.3. The largest absolute Gasteiger partial charge is 0.309 e. The number of aromatic nitrogens is 5. The van der Waals surface area contributed by atoms with Crippen molar-refractivity contribution in [3.63, 3.8) is 0 Å². The molecule has 3 aromatic heterocycles. The Morgan fingerprint density at radius 2 is 0.912 bits per heavy atom. The number of rotatable bonds is 7. The van der Waals surface area contributed by atoms with Gasteiger partial charge in [-0.05, 0) is 81.5 Å². The summed E-state index contributed by atoms with van der Waals surface area (Å²) < 4.78 is 33.9. The molecule has 6 heteroatoms. The van der Waals surface area contributed by atoms with Gasteiger partial charge in [0.1, 0.15) is 6.07 Å². The Kier molecular flexibility index (Phi) is 8.39. The fourth-order valence-corrected chi connectivity index (χ4v) is 9.73. The molecule has 0 atom stereocenters. The topological polar surface area (TPSA) is 72.3 Å². The Labute approximate surface area is 396 Å². The molecule has 0 bridgehead atoms. The van der Waals surface area contributed by atoms with Gasteiger partial charge in [-0.25, -0.2) is 15.0 Å². The van der Waals surface area contributed by atoms with Gasteiger partial charge in [-0.3, -0.25) is 0 Å². The third-order valence-electron chi connectivity index (χ3n) is 12.9. The summed E-state index contributed by atoms with van der Waals surface area (Å²) in [6.45, 7) is 0. The van der Waals surface area contributed by atoms with Gasteiger partial charge in [-0.1, -0.05) is 182 Å². The number of nitrogens with zero attached hydrogens (tertiary/aromatic N) is 6. The summed E-state index contributed by atoms with van der Waals surface area (Å²) in [5.41, 5.74) is 10.1. The number of para-hydroxylation sites is 2. The maximum Gasteiger partial charge on any atom is 0.164 e. The molecule has 0 saturated heterocycles. The first-order valence-corrected chi connectivity index (χ1v) is 22.5. The van der Waals surface area contributed by atoms with Gasteiger partial charge in [-0.2, -0.15) is 5.26 Å². The molecule has 0 spiro atoms. The summed E-state index contributed by atoms with van der Waals surface area (Å²) in [7, 11) is 0. The van der Waals surface area contributed by atoms with Gasteiger partial charge >= 0.3 is 0 Å². The molecule has 0 aliphatic rings. The van der Waals surface area contributed by atoms with Crippen LogP contribution in [-0.2, 0) is 0 Å². The van der Waals surface area contributed by atoms with Gasteiger partial charge in [0.15, 0.2) is 17.5 Å². The standard InChI is InChI=1S/C62H38N6/c63-39-49-37-48(62-65-60(45-27-23-43(24-28-45)40-13-3-1-4-14-40)64-61(66-62)46-29-25-44(26-30-46)41-15-5-2-6-16-41)32-35-54(49)68-55-21-11-9-19-51(55)52-34-36-57-58(59(52)68)53-20-10-12-22-56(53)67(57)50-33-31-42-17-7-8-18-47(42)38-50/h1-38H/i32D,35D,37D. The summed E-state index contributed by atoms with van der Waals surface area (Å²) >= 11 is 0. The molecule has 0 aliphatic heterocycles. The van der Waals surface area contributed by atoms with E-state index in [-0.39, 0.29) is 40.8 Å². The molecule has 0 unspecified atom stereocenters. The SMILES string of the molecule is [2H]c1c([2H])c(-n2c3ccccc3c3ccc4c(c5ccccc5n4-c4ccc5ccccc5c4)c32)c(C#N)c([2H])c1-c1nc(-c2ccc(-c3ccccc3)cc2)nc(-c2ccc(-c3ccccc3)cc2)n1. The predicted molar refractivity (Wildman–Crippen MR) is 278 cm³/mol.